The average Bonchev–Trinajstić information content (AvgIpc) is 2.44. The predicted octanol–water partition coefficient (Wildman–Crippen LogP) is 1.66. The Morgan fingerprint density at radius 1 is 1.40 bits per heavy atom. The second-order valence-corrected chi connectivity index (χ2v) is 5.45. The smallest absolute Gasteiger partial charge is 0.254 e. The van der Waals surface area contributed by atoms with Crippen molar-refractivity contribution < 1.29 is 9.90 Å². The lowest BCUT2D eigenvalue weighted by Gasteiger charge is -2.34. The SMILES string of the molecule is CN(C(=O)c1cc(N)nc2ccccc12)C(C)(C)CO. The minimum absolute atomic E-state index is 0.117. The number of anilines is 1. The van der Waals surface area contributed by atoms with Crippen LogP contribution < -0.4 is 5.73 Å². The Hall–Kier alpha value is -2.14. The van der Waals surface area contributed by atoms with Crippen molar-refractivity contribution in [1.82, 2.24) is 9.88 Å². The lowest BCUT2D eigenvalue weighted by molar-refractivity contribution is 0.0475. The lowest BCUT2D eigenvalue weighted by atomic mass is 10.0. The minimum Gasteiger partial charge on any atom is -0.394 e. The van der Waals surface area contributed by atoms with Gasteiger partial charge in [0.1, 0.15) is 5.82 Å². The number of nitrogens with two attached hydrogens (primary N) is 1. The Labute approximate surface area is 118 Å². The number of pyridine rings is 1. The summed E-state index contributed by atoms with van der Waals surface area (Å²) in [7, 11) is 1.67. The number of likely N-dealkylation sites (N-methyl/N-ethyl adjacent to an activating group) is 1. The van der Waals surface area contributed by atoms with Crippen molar-refractivity contribution in [2.24, 2.45) is 0 Å². The molecule has 0 fully saturated rings. The first-order chi connectivity index (χ1) is 9.36. The molecule has 0 saturated carbocycles. The van der Waals surface area contributed by atoms with E-state index in [4.69, 9.17) is 5.73 Å². The number of carbonyl (C=O) groups is 1. The number of amides is 1. The topological polar surface area (TPSA) is 79.5 Å². The van der Waals surface area contributed by atoms with E-state index in [0.29, 0.717) is 16.9 Å². The molecule has 0 unspecified atom stereocenters. The van der Waals surface area contributed by atoms with Gasteiger partial charge >= 0.3 is 0 Å². The van der Waals surface area contributed by atoms with Crippen LogP contribution in [0.5, 0.6) is 0 Å². The fourth-order valence-corrected chi connectivity index (χ4v) is 1.93. The Kier molecular flexibility index (Phi) is 3.63. The van der Waals surface area contributed by atoms with Gasteiger partial charge in [-0.1, -0.05) is 18.2 Å². The van der Waals surface area contributed by atoms with E-state index < -0.39 is 5.54 Å². The molecular weight excluding hydrogens is 254 g/mol. The van der Waals surface area contributed by atoms with Crippen LogP contribution in [-0.4, -0.2) is 40.1 Å². The van der Waals surface area contributed by atoms with Crippen LogP contribution >= 0.6 is 0 Å². The third kappa shape index (κ3) is 2.44. The molecule has 0 aliphatic heterocycles. The van der Waals surface area contributed by atoms with Crippen LogP contribution in [0.1, 0.15) is 24.2 Å². The maximum Gasteiger partial charge on any atom is 0.254 e. The zero-order valence-electron chi connectivity index (χ0n) is 11.9. The number of carbonyl (C=O) groups excluding carboxylic acids is 1. The molecule has 0 aliphatic rings. The van der Waals surface area contributed by atoms with Gasteiger partial charge in [0, 0.05) is 12.4 Å². The third-order valence-corrected chi connectivity index (χ3v) is 3.57. The lowest BCUT2D eigenvalue weighted by Crippen LogP contribution is -2.47. The number of para-hydroxylation sites is 1. The summed E-state index contributed by atoms with van der Waals surface area (Å²) in [6.45, 7) is 3.49. The van der Waals surface area contributed by atoms with E-state index >= 15 is 0 Å². The number of aliphatic hydroxyl groups is 1. The molecule has 5 heteroatoms. The van der Waals surface area contributed by atoms with E-state index in [1.807, 2.05) is 24.3 Å². The summed E-state index contributed by atoms with van der Waals surface area (Å²) in [6, 6.07) is 8.95. The molecule has 3 N–H and O–H groups in total. The number of nitrogens with zero attached hydrogens (tertiary/aromatic N) is 2. The third-order valence-electron chi connectivity index (χ3n) is 3.57. The molecule has 5 nitrogen and oxygen atoms in total. The molecule has 1 amide bonds. The molecule has 2 aromatic rings. The maximum atomic E-state index is 12.6. The molecule has 0 aliphatic carbocycles. The van der Waals surface area contributed by atoms with E-state index in [1.54, 1.807) is 27.0 Å². The summed E-state index contributed by atoms with van der Waals surface area (Å²) in [5.41, 5.74) is 6.31. The molecule has 0 bridgehead atoms. The van der Waals surface area contributed by atoms with Crippen LogP contribution in [0.3, 0.4) is 0 Å². The minimum atomic E-state index is -0.643. The molecule has 0 atom stereocenters. The van der Waals surface area contributed by atoms with Gasteiger partial charge in [0.05, 0.1) is 23.2 Å². The van der Waals surface area contributed by atoms with Crippen molar-refractivity contribution >= 4 is 22.6 Å². The van der Waals surface area contributed by atoms with Crippen LogP contribution in [-0.2, 0) is 0 Å². The van der Waals surface area contributed by atoms with E-state index in [2.05, 4.69) is 4.98 Å². The van der Waals surface area contributed by atoms with Crippen molar-refractivity contribution in [3.8, 4) is 0 Å². The molecular formula is C15H19N3O2. The zero-order valence-corrected chi connectivity index (χ0v) is 11.9. The Morgan fingerprint density at radius 3 is 2.70 bits per heavy atom. The van der Waals surface area contributed by atoms with E-state index in [1.165, 1.54) is 4.90 Å². The van der Waals surface area contributed by atoms with Gasteiger partial charge in [-0.15, -0.1) is 0 Å². The van der Waals surface area contributed by atoms with E-state index in [9.17, 15) is 9.90 Å². The van der Waals surface area contributed by atoms with E-state index in [0.717, 1.165) is 5.39 Å². The average molecular weight is 273 g/mol. The van der Waals surface area contributed by atoms with Gasteiger partial charge in [-0.2, -0.15) is 0 Å². The van der Waals surface area contributed by atoms with Crippen molar-refractivity contribution in [3.63, 3.8) is 0 Å². The number of aliphatic hydroxyl groups excluding tert-OH is 1. The largest absolute Gasteiger partial charge is 0.394 e. The second kappa shape index (κ2) is 5.09. The molecule has 20 heavy (non-hydrogen) atoms. The van der Waals surface area contributed by atoms with Gasteiger partial charge in [0.15, 0.2) is 0 Å². The normalized spacial score (nSPS) is 11.6. The standard InChI is InChI=1S/C15H19N3O2/c1-15(2,9-19)18(3)14(20)11-8-13(16)17-12-7-5-4-6-10(11)12/h4-8,19H,9H2,1-3H3,(H2,16,17). The van der Waals surface area contributed by atoms with Crippen molar-refractivity contribution in [2.45, 2.75) is 19.4 Å². The first-order valence-corrected chi connectivity index (χ1v) is 6.41. The summed E-state index contributed by atoms with van der Waals surface area (Å²) in [5.74, 6) is 0.122. The fraction of sp³-hybridized carbons (Fsp3) is 0.333. The highest BCUT2D eigenvalue weighted by molar-refractivity contribution is 6.07. The summed E-state index contributed by atoms with van der Waals surface area (Å²) >= 11 is 0. The summed E-state index contributed by atoms with van der Waals surface area (Å²) in [5, 5.41) is 10.2. The highest BCUT2D eigenvalue weighted by Gasteiger charge is 2.28. The van der Waals surface area contributed by atoms with Gasteiger partial charge in [-0.25, -0.2) is 4.98 Å². The van der Waals surface area contributed by atoms with Gasteiger partial charge < -0.3 is 15.7 Å². The monoisotopic (exact) mass is 273 g/mol. The number of hydrogen-bond donors (Lipinski definition) is 2. The molecule has 0 saturated heterocycles. The highest BCUT2D eigenvalue weighted by atomic mass is 16.3. The molecule has 0 radical (unpaired) electrons. The Bertz CT molecular complexity index is 653. The van der Waals surface area contributed by atoms with Crippen molar-refractivity contribution in [1.29, 1.82) is 0 Å². The van der Waals surface area contributed by atoms with Crippen molar-refractivity contribution in [3.05, 3.63) is 35.9 Å². The molecule has 1 aromatic carbocycles. The van der Waals surface area contributed by atoms with Gasteiger partial charge in [-0.3, -0.25) is 4.79 Å². The number of hydrogen-bond acceptors (Lipinski definition) is 4. The quantitative estimate of drug-likeness (QED) is 0.891. The van der Waals surface area contributed by atoms with Crippen LogP contribution in [0, 0.1) is 0 Å². The van der Waals surface area contributed by atoms with Crippen LogP contribution in [0.4, 0.5) is 5.82 Å². The fourth-order valence-electron chi connectivity index (χ4n) is 1.93. The predicted molar refractivity (Wildman–Crippen MR) is 79.4 cm³/mol. The summed E-state index contributed by atoms with van der Waals surface area (Å²) < 4.78 is 0. The Morgan fingerprint density at radius 2 is 2.05 bits per heavy atom. The first-order valence-electron chi connectivity index (χ1n) is 6.41. The van der Waals surface area contributed by atoms with Crippen LogP contribution in [0.2, 0.25) is 0 Å². The molecule has 1 aromatic heterocycles. The van der Waals surface area contributed by atoms with Gasteiger partial charge in [0.2, 0.25) is 0 Å². The van der Waals surface area contributed by atoms with Gasteiger partial charge in [-0.05, 0) is 26.0 Å². The maximum absolute atomic E-state index is 12.6. The first kappa shape index (κ1) is 14.3. The molecule has 1 heterocycles. The summed E-state index contributed by atoms with van der Waals surface area (Å²) in [6.07, 6.45) is 0. The van der Waals surface area contributed by atoms with Gasteiger partial charge in [0.25, 0.3) is 5.91 Å². The van der Waals surface area contributed by atoms with Crippen molar-refractivity contribution in [2.75, 3.05) is 19.4 Å². The summed E-state index contributed by atoms with van der Waals surface area (Å²) in [4.78, 5) is 18.4. The number of fused-ring (bicyclic) bond motifs is 1. The van der Waals surface area contributed by atoms with Crippen LogP contribution in [0.25, 0.3) is 10.9 Å². The number of benzene rings is 1. The molecule has 0 spiro atoms. The number of nitrogen functional groups attached to an aromatic ring is 1. The Balaban J connectivity index is 2.55. The highest BCUT2D eigenvalue weighted by Crippen LogP contribution is 2.23. The molecule has 2 rings (SSSR count). The molecule has 106 valence electrons. The number of rotatable bonds is 3. The zero-order chi connectivity index (χ0) is 14.9. The number of aromatic nitrogens is 1. The van der Waals surface area contributed by atoms with Crippen LogP contribution in [0.15, 0.2) is 30.3 Å². The van der Waals surface area contributed by atoms with E-state index in [-0.39, 0.29) is 12.5 Å². The second-order valence-electron chi connectivity index (χ2n) is 5.45.